The van der Waals surface area contributed by atoms with Crippen molar-refractivity contribution in [3.63, 3.8) is 0 Å². The Hall–Kier alpha value is -1.71. The Balaban J connectivity index is 2.46. The molecular formula is C11H17N3O. The molecule has 0 amide bonds. The van der Waals surface area contributed by atoms with Crippen molar-refractivity contribution in [3.8, 4) is 5.75 Å². The van der Waals surface area contributed by atoms with E-state index in [0.717, 1.165) is 18.6 Å². The number of aryl methyl sites for hydroxylation is 1. The molecule has 0 aliphatic carbocycles. The molecule has 0 bridgehead atoms. The van der Waals surface area contributed by atoms with Crippen LogP contribution in [0.25, 0.3) is 0 Å². The van der Waals surface area contributed by atoms with Gasteiger partial charge in [0.2, 0.25) is 0 Å². The van der Waals surface area contributed by atoms with Gasteiger partial charge in [0.05, 0.1) is 7.11 Å². The van der Waals surface area contributed by atoms with Gasteiger partial charge in [0.1, 0.15) is 5.75 Å². The van der Waals surface area contributed by atoms with E-state index in [9.17, 15) is 0 Å². The second-order valence-corrected chi connectivity index (χ2v) is 3.22. The number of guanidine groups is 1. The fraction of sp³-hybridized carbons (Fsp3) is 0.364. The SMILES string of the molecule is COc1ccccc1CCCN=C(N)N. The molecule has 0 heterocycles. The molecule has 82 valence electrons. The number of hydrogen-bond donors (Lipinski definition) is 2. The van der Waals surface area contributed by atoms with Crippen LogP contribution >= 0.6 is 0 Å². The highest BCUT2D eigenvalue weighted by Gasteiger charge is 2.00. The molecule has 1 rings (SSSR count). The zero-order valence-corrected chi connectivity index (χ0v) is 8.94. The minimum atomic E-state index is 0.148. The van der Waals surface area contributed by atoms with Gasteiger partial charge in [-0.1, -0.05) is 18.2 Å². The minimum absolute atomic E-state index is 0.148. The van der Waals surface area contributed by atoms with Crippen molar-refractivity contribution in [2.24, 2.45) is 16.5 Å². The van der Waals surface area contributed by atoms with Crippen molar-refractivity contribution in [3.05, 3.63) is 29.8 Å². The lowest BCUT2D eigenvalue weighted by atomic mass is 10.1. The van der Waals surface area contributed by atoms with Crippen LogP contribution in [-0.4, -0.2) is 19.6 Å². The average Bonchev–Trinajstić information content (AvgIpc) is 2.24. The highest BCUT2D eigenvalue weighted by atomic mass is 16.5. The molecule has 4 N–H and O–H groups in total. The van der Waals surface area contributed by atoms with E-state index >= 15 is 0 Å². The summed E-state index contributed by atoms with van der Waals surface area (Å²) < 4.78 is 5.24. The van der Waals surface area contributed by atoms with Crippen molar-refractivity contribution in [2.75, 3.05) is 13.7 Å². The molecule has 0 aliphatic rings. The second kappa shape index (κ2) is 5.90. The highest BCUT2D eigenvalue weighted by Crippen LogP contribution is 2.18. The molecule has 0 aromatic heterocycles. The summed E-state index contributed by atoms with van der Waals surface area (Å²) in [5.74, 6) is 1.07. The van der Waals surface area contributed by atoms with Crippen molar-refractivity contribution < 1.29 is 4.74 Å². The van der Waals surface area contributed by atoms with E-state index in [2.05, 4.69) is 4.99 Å². The van der Waals surface area contributed by atoms with Crippen molar-refractivity contribution in [2.45, 2.75) is 12.8 Å². The Morgan fingerprint density at radius 2 is 2.07 bits per heavy atom. The van der Waals surface area contributed by atoms with E-state index in [0.29, 0.717) is 6.54 Å². The Bertz CT molecular complexity index is 332. The highest BCUT2D eigenvalue weighted by molar-refractivity contribution is 5.75. The molecule has 1 aromatic rings. The molecule has 4 heteroatoms. The van der Waals surface area contributed by atoms with Crippen LogP contribution in [0.4, 0.5) is 0 Å². The zero-order chi connectivity index (χ0) is 11.1. The van der Waals surface area contributed by atoms with Crippen LogP contribution in [-0.2, 0) is 6.42 Å². The van der Waals surface area contributed by atoms with Crippen LogP contribution in [0.5, 0.6) is 5.75 Å². The number of nitrogens with two attached hydrogens (primary N) is 2. The number of rotatable bonds is 5. The second-order valence-electron chi connectivity index (χ2n) is 3.22. The molecule has 0 saturated carbocycles. The molecular weight excluding hydrogens is 190 g/mol. The first-order valence-corrected chi connectivity index (χ1v) is 4.91. The molecule has 15 heavy (non-hydrogen) atoms. The number of methoxy groups -OCH3 is 1. The average molecular weight is 207 g/mol. The third kappa shape index (κ3) is 3.89. The number of para-hydroxylation sites is 1. The largest absolute Gasteiger partial charge is 0.496 e. The third-order valence-corrected chi connectivity index (χ3v) is 2.09. The van der Waals surface area contributed by atoms with Crippen LogP contribution in [0.15, 0.2) is 29.3 Å². The summed E-state index contributed by atoms with van der Waals surface area (Å²) in [4.78, 5) is 3.93. The van der Waals surface area contributed by atoms with E-state index in [-0.39, 0.29) is 5.96 Å². The molecule has 0 saturated heterocycles. The van der Waals surface area contributed by atoms with Crippen molar-refractivity contribution >= 4 is 5.96 Å². The quantitative estimate of drug-likeness (QED) is 0.428. The maximum absolute atomic E-state index is 5.24. The van der Waals surface area contributed by atoms with Gasteiger partial charge in [-0.05, 0) is 24.5 Å². The van der Waals surface area contributed by atoms with Gasteiger partial charge < -0.3 is 16.2 Å². The summed E-state index contributed by atoms with van der Waals surface area (Å²) in [5, 5.41) is 0. The molecule has 0 unspecified atom stereocenters. The van der Waals surface area contributed by atoms with E-state index in [1.54, 1.807) is 7.11 Å². The monoisotopic (exact) mass is 207 g/mol. The fourth-order valence-corrected chi connectivity index (χ4v) is 1.39. The van der Waals surface area contributed by atoms with Crippen LogP contribution in [0, 0.1) is 0 Å². The molecule has 0 spiro atoms. The van der Waals surface area contributed by atoms with Gasteiger partial charge in [0, 0.05) is 6.54 Å². The molecule has 0 atom stereocenters. The standard InChI is InChI=1S/C11H17N3O/c1-15-10-7-3-2-5-9(10)6-4-8-14-11(12)13/h2-3,5,7H,4,6,8H2,1H3,(H4,12,13,14). The van der Waals surface area contributed by atoms with Crippen LogP contribution in [0.3, 0.4) is 0 Å². The van der Waals surface area contributed by atoms with Gasteiger partial charge in [-0.3, -0.25) is 4.99 Å². The minimum Gasteiger partial charge on any atom is -0.496 e. The first-order chi connectivity index (χ1) is 7.24. The Morgan fingerprint density at radius 3 is 2.73 bits per heavy atom. The van der Waals surface area contributed by atoms with Crippen LogP contribution in [0.2, 0.25) is 0 Å². The lowest BCUT2D eigenvalue weighted by molar-refractivity contribution is 0.409. The fourth-order valence-electron chi connectivity index (χ4n) is 1.39. The third-order valence-electron chi connectivity index (χ3n) is 2.09. The Kier molecular flexibility index (Phi) is 4.47. The number of aliphatic imine (C=N–C) groups is 1. The number of nitrogens with zero attached hydrogens (tertiary/aromatic N) is 1. The summed E-state index contributed by atoms with van der Waals surface area (Å²) in [6.07, 6.45) is 1.83. The first-order valence-electron chi connectivity index (χ1n) is 4.91. The molecule has 1 aromatic carbocycles. The Morgan fingerprint density at radius 1 is 1.33 bits per heavy atom. The normalized spacial score (nSPS) is 9.67. The van der Waals surface area contributed by atoms with E-state index in [4.69, 9.17) is 16.2 Å². The van der Waals surface area contributed by atoms with E-state index < -0.39 is 0 Å². The number of ether oxygens (including phenoxy) is 1. The van der Waals surface area contributed by atoms with Gasteiger partial charge in [0.25, 0.3) is 0 Å². The van der Waals surface area contributed by atoms with E-state index in [1.807, 2.05) is 24.3 Å². The van der Waals surface area contributed by atoms with Gasteiger partial charge in [0.15, 0.2) is 5.96 Å². The smallest absolute Gasteiger partial charge is 0.185 e. The summed E-state index contributed by atoms with van der Waals surface area (Å²) >= 11 is 0. The van der Waals surface area contributed by atoms with E-state index in [1.165, 1.54) is 5.56 Å². The predicted octanol–water partition coefficient (Wildman–Crippen LogP) is 0.901. The van der Waals surface area contributed by atoms with Gasteiger partial charge in [-0.15, -0.1) is 0 Å². The summed E-state index contributed by atoms with van der Waals surface area (Å²) in [7, 11) is 1.68. The van der Waals surface area contributed by atoms with Gasteiger partial charge >= 0.3 is 0 Å². The molecule has 0 fully saturated rings. The molecule has 0 aliphatic heterocycles. The van der Waals surface area contributed by atoms with Crippen LogP contribution in [0.1, 0.15) is 12.0 Å². The first kappa shape index (κ1) is 11.4. The maximum Gasteiger partial charge on any atom is 0.185 e. The lowest BCUT2D eigenvalue weighted by Crippen LogP contribution is -2.23. The summed E-state index contributed by atoms with van der Waals surface area (Å²) in [6, 6.07) is 7.96. The molecule has 4 nitrogen and oxygen atoms in total. The predicted molar refractivity (Wildman–Crippen MR) is 62.0 cm³/mol. The van der Waals surface area contributed by atoms with Crippen LogP contribution < -0.4 is 16.2 Å². The Labute approximate surface area is 89.9 Å². The number of hydrogen-bond acceptors (Lipinski definition) is 2. The summed E-state index contributed by atoms with van der Waals surface area (Å²) in [5.41, 5.74) is 11.6. The topological polar surface area (TPSA) is 73.6 Å². The number of benzene rings is 1. The van der Waals surface area contributed by atoms with Gasteiger partial charge in [-0.25, -0.2) is 0 Å². The molecule has 0 radical (unpaired) electrons. The van der Waals surface area contributed by atoms with Gasteiger partial charge in [-0.2, -0.15) is 0 Å². The van der Waals surface area contributed by atoms with Crippen molar-refractivity contribution in [1.29, 1.82) is 0 Å². The summed E-state index contributed by atoms with van der Waals surface area (Å²) in [6.45, 7) is 0.653. The maximum atomic E-state index is 5.24. The zero-order valence-electron chi connectivity index (χ0n) is 8.94. The van der Waals surface area contributed by atoms with Crippen molar-refractivity contribution in [1.82, 2.24) is 0 Å². The lowest BCUT2D eigenvalue weighted by Gasteiger charge is -2.06.